The summed E-state index contributed by atoms with van der Waals surface area (Å²) in [7, 11) is 0. The molecule has 0 amide bonds. The highest BCUT2D eigenvalue weighted by molar-refractivity contribution is 5.71. The van der Waals surface area contributed by atoms with Crippen LogP contribution in [0.1, 0.15) is 18.4 Å². The summed E-state index contributed by atoms with van der Waals surface area (Å²) in [5.41, 5.74) is 7.60. The number of rotatable bonds is 2. The number of anilines is 2. The van der Waals surface area contributed by atoms with Gasteiger partial charge in [-0.05, 0) is 31.0 Å². The van der Waals surface area contributed by atoms with Crippen LogP contribution in [-0.2, 0) is 4.79 Å². The van der Waals surface area contributed by atoms with Gasteiger partial charge in [-0.25, -0.2) is 0 Å². The third-order valence-corrected chi connectivity index (χ3v) is 3.33. The molecule has 1 fully saturated rings. The minimum absolute atomic E-state index is 0.263. The molecule has 1 aromatic carbocycles. The van der Waals surface area contributed by atoms with Crippen LogP contribution in [0.15, 0.2) is 18.2 Å². The number of nitrogens with two attached hydrogens (primary N) is 1. The Morgan fingerprint density at radius 3 is 2.67 bits per heavy atom. The number of hydrogen-bond acceptors (Lipinski definition) is 4. The molecule has 0 spiro atoms. The second kappa shape index (κ2) is 4.96. The largest absolute Gasteiger partial charge is 0.481 e. The lowest BCUT2D eigenvalue weighted by Gasteiger charge is -2.32. The molecule has 0 aliphatic carbocycles. The van der Waals surface area contributed by atoms with Gasteiger partial charge in [-0.15, -0.1) is 0 Å². The molecule has 0 saturated carbocycles. The van der Waals surface area contributed by atoms with E-state index in [1.807, 2.05) is 6.07 Å². The highest BCUT2D eigenvalue weighted by Gasteiger charge is 2.25. The molecule has 0 atom stereocenters. The summed E-state index contributed by atoms with van der Waals surface area (Å²) >= 11 is 0. The van der Waals surface area contributed by atoms with Gasteiger partial charge in [0, 0.05) is 18.8 Å². The number of carbonyl (C=O) groups is 1. The number of nitriles is 1. The monoisotopic (exact) mass is 245 g/mol. The number of carboxylic acids is 1. The van der Waals surface area contributed by atoms with E-state index in [0.29, 0.717) is 37.2 Å². The number of hydrogen-bond donors (Lipinski definition) is 2. The molecular formula is C13H15N3O2. The SMILES string of the molecule is N#Cc1cc(N)ccc1N1CCC(C(=O)O)CC1. The van der Waals surface area contributed by atoms with Crippen molar-refractivity contribution in [1.82, 2.24) is 0 Å². The van der Waals surface area contributed by atoms with Crippen molar-refractivity contribution >= 4 is 17.3 Å². The van der Waals surface area contributed by atoms with Gasteiger partial charge in [0.2, 0.25) is 0 Å². The van der Waals surface area contributed by atoms with Gasteiger partial charge < -0.3 is 15.7 Å². The van der Waals surface area contributed by atoms with Gasteiger partial charge >= 0.3 is 5.97 Å². The molecule has 94 valence electrons. The summed E-state index contributed by atoms with van der Waals surface area (Å²) in [5, 5.41) is 18.0. The Kier molecular flexibility index (Phi) is 3.38. The van der Waals surface area contributed by atoms with E-state index in [2.05, 4.69) is 11.0 Å². The first-order chi connectivity index (χ1) is 8.61. The van der Waals surface area contributed by atoms with Gasteiger partial charge in [-0.2, -0.15) is 5.26 Å². The first-order valence-electron chi connectivity index (χ1n) is 5.89. The number of nitrogen functional groups attached to an aromatic ring is 1. The molecule has 0 bridgehead atoms. The topological polar surface area (TPSA) is 90.4 Å². The predicted molar refractivity (Wildman–Crippen MR) is 68.1 cm³/mol. The number of piperidine rings is 1. The highest BCUT2D eigenvalue weighted by Crippen LogP contribution is 2.27. The fraction of sp³-hybridized carbons (Fsp3) is 0.385. The Balaban J connectivity index is 2.15. The van der Waals surface area contributed by atoms with Crippen molar-refractivity contribution in [3.8, 4) is 6.07 Å². The number of benzene rings is 1. The van der Waals surface area contributed by atoms with Crippen molar-refractivity contribution in [3.05, 3.63) is 23.8 Å². The Bertz CT molecular complexity index is 499. The Morgan fingerprint density at radius 1 is 1.44 bits per heavy atom. The third-order valence-electron chi connectivity index (χ3n) is 3.33. The summed E-state index contributed by atoms with van der Waals surface area (Å²) < 4.78 is 0. The van der Waals surface area contributed by atoms with E-state index in [0.717, 1.165) is 5.69 Å². The normalized spacial score (nSPS) is 16.3. The van der Waals surface area contributed by atoms with Crippen molar-refractivity contribution < 1.29 is 9.90 Å². The van der Waals surface area contributed by atoms with Crippen LogP contribution in [0, 0.1) is 17.2 Å². The van der Waals surface area contributed by atoms with Gasteiger partial charge in [0.05, 0.1) is 17.2 Å². The van der Waals surface area contributed by atoms with Crippen LogP contribution in [0.2, 0.25) is 0 Å². The molecule has 5 heteroatoms. The first-order valence-corrected chi connectivity index (χ1v) is 5.89. The molecule has 1 aromatic rings. The van der Waals surface area contributed by atoms with Crippen LogP contribution in [0.25, 0.3) is 0 Å². The minimum Gasteiger partial charge on any atom is -0.481 e. The van der Waals surface area contributed by atoms with Gasteiger partial charge in [0.15, 0.2) is 0 Å². The zero-order chi connectivity index (χ0) is 13.1. The highest BCUT2D eigenvalue weighted by atomic mass is 16.4. The summed E-state index contributed by atoms with van der Waals surface area (Å²) in [5.74, 6) is -0.993. The Hall–Kier alpha value is -2.22. The zero-order valence-corrected chi connectivity index (χ0v) is 9.97. The van der Waals surface area contributed by atoms with Crippen LogP contribution in [0.3, 0.4) is 0 Å². The Labute approximate surface area is 105 Å². The lowest BCUT2D eigenvalue weighted by molar-refractivity contribution is -0.142. The smallest absolute Gasteiger partial charge is 0.306 e. The van der Waals surface area contributed by atoms with Crippen molar-refractivity contribution in [2.75, 3.05) is 23.7 Å². The van der Waals surface area contributed by atoms with E-state index in [9.17, 15) is 4.79 Å². The van der Waals surface area contributed by atoms with E-state index in [1.54, 1.807) is 12.1 Å². The predicted octanol–water partition coefficient (Wildman–Crippen LogP) is 1.44. The molecule has 1 saturated heterocycles. The molecule has 1 heterocycles. The maximum Gasteiger partial charge on any atom is 0.306 e. The molecule has 0 radical (unpaired) electrons. The quantitative estimate of drug-likeness (QED) is 0.769. The van der Waals surface area contributed by atoms with Crippen molar-refractivity contribution in [2.24, 2.45) is 5.92 Å². The molecule has 1 aliphatic heterocycles. The summed E-state index contributed by atoms with van der Waals surface area (Å²) in [6, 6.07) is 7.37. The van der Waals surface area contributed by atoms with Gasteiger partial charge in [-0.3, -0.25) is 4.79 Å². The van der Waals surface area contributed by atoms with Crippen LogP contribution in [-0.4, -0.2) is 24.2 Å². The fourth-order valence-corrected chi connectivity index (χ4v) is 2.29. The molecule has 5 nitrogen and oxygen atoms in total. The number of carboxylic acid groups (broad SMARTS) is 1. The summed E-state index contributed by atoms with van der Waals surface area (Å²) in [4.78, 5) is 12.9. The van der Waals surface area contributed by atoms with Gasteiger partial charge in [0.25, 0.3) is 0 Å². The van der Waals surface area contributed by atoms with Crippen molar-refractivity contribution in [1.29, 1.82) is 5.26 Å². The van der Waals surface area contributed by atoms with Crippen molar-refractivity contribution in [2.45, 2.75) is 12.8 Å². The molecule has 1 aliphatic rings. The van der Waals surface area contributed by atoms with Crippen LogP contribution >= 0.6 is 0 Å². The fourth-order valence-electron chi connectivity index (χ4n) is 2.29. The van der Waals surface area contributed by atoms with Crippen LogP contribution in [0.5, 0.6) is 0 Å². The lowest BCUT2D eigenvalue weighted by atomic mass is 9.96. The first kappa shape index (κ1) is 12.2. The third kappa shape index (κ3) is 2.38. The van der Waals surface area contributed by atoms with Crippen LogP contribution < -0.4 is 10.6 Å². The van der Waals surface area contributed by atoms with Crippen molar-refractivity contribution in [3.63, 3.8) is 0 Å². The Morgan fingerprint density at radius 2 is 2.11 bits per heavy atom. The standard InChI is InChI=1S/C13H15N3O2/c14-8-10-7-11(15)1-2-12(10)16-5-3-9(4-6-16)13(17)18/h1-2,7,9H,3-6,15H2,(H,17,18). The average molecular weight is 245 g/mol. The summed E-state index contributed by atoms with van der Waals surface area (Å²) in [6.07, 6.45) is 1.23. The second-order valence-corrected chi connectivity index (χ2v) is 4.49. The molecule has 0 unspecified atom stereocenters. The molecular weight excluding hydrogens is 230 g/mol. The maximum absolute atomic E-state index is 10.9. The van der Waals surface area contributed by atoms with Crippen LogP contribution in [0.4, 0.5) is 11.4 Å². The molecule has 0 aromatic heterocycles. The second-order valence-electron chi connectivity index (χ2n) is 4.49. The molecule has 2 rings (SSSR count). The van der Waals surface area contributed by atoms with Gasteiger partial charge in [-0.1, -0.05) is 0 Å². The number of nitrogens with zero attached hydrogens (tertiary/aromatic N) is 2. The zero-order valence-electron chi connectivity index (χ0n) is 9.97. The molecule has 18 heavy (non-hydrogen) atoms. The minimum atomic E-state index is -0.729. The van der Waals surface area contributed by atoms with Gasteiger partial charge in [0.1, 0.15) is 6.07 Å². The van der Waals surface area contributed by atoms with E-state index in [1.165, 1.54) is 0 Å². The van der Waals surface area contributed by atoms with E-state index in [4.69, 9.17) is 16.1 Å². The number of aliphatic carboxylic acids is 1. The van der Waals surface area contributed by atoms with E-state index in [-0.39, 0.29) is 5.92 Å². The maximum atomic E-state index is 10.9. The van der Waals surface area contributed by atoms with E-state index >= 15 is 0 Å². The average Bonchev–Trinajstić information content (AvgIpc) is 2.38. The van der Waals surface area contributed by atoms with E-state index < -0.39 is 5.97 Å². The summed E-state index contributed by atoms with van der Waals surface area (Å²) in [6.45, 7) is 1.32. The lowest BCUT2D eigenvalue weighted by Crippen LogP contribution is -2.36. The molecule has 3 N–H and O–H groups in total.